The topological polar surface area (TPSA) is 52.0 Å². The van der Waals surface area contributed by atoms with Crippen molar-refractivity contribution in [3.63, 3.8) is 0 Å². The second-order valence-electron chi connectivity index (χ2n) is 4.96. The Hall–Kier alpha value is -0.940. The maximum absolute atomic E-state index is 5.56. The molecule has 0 atom stereocenters. The summed E-state index contributed by atoms with van der Waals surface area (Å²) in [5.74, 6) is 0.611. The highest BCUT2D eigenvalue weighted by Crippen LogP contribution is 2.10. The van der Waals surface area contributed by atoms with Crippen molar-refractivity contribution in [1.29, 1.82) is 0 Å². The molecular formula is C12H22N4O. The van der Waals surface area contributed by atoms with Crippen LogP contribution >= 0.6 is 0 Å². The van der Waals surface area contributed by atoms with Crippen LogP contribution in [0.15, 0.2) is 0 Å². The predicted molar refractivity (Wildman–Crippen MR) is 65.7 cm³/mol. The Bertz CT molecular complexity index is 348. The zero-order chi connectivity index (χ0) is 12.1. The maximum atomic E-state index is 5.56. The lowest BCUT2D eigenvalue weighted by Crippen LogP contribution is -2.25. The van der Waals surface area contributed by atoms with Gasteiger partial charge in [0.25, 0.3) is 0 Å². The zero-order valence-corrected chi connectivity index (χ0v) is 10.8. The molecule has 0 fully saturated rings. The summed E-state index contributed by atoms with van der Waals surface area (Å²) in [6.07, 6.45) is 2.05. The monoisotopic (exact) mass is 238 g/mol. The highest BCUT2D eigenvalue weighted by Gasteiger charge is 2.15. The standard InChI is InChI=1S/C12H22N4O/c1-10(2)9-17-7-3-6-16-12-4-5-13-8-11(12)14-15-16/h10,13H,3-9H2,1-2H3. The summed E-state index contributed by atoms with van der Waals surface area (Å²) < 4.78 is 7.60. The molecule has 0 radical (unpaired) electrons. The van der Waals surface area contributed by atoms with E-state index in [0.29, 0.717) is 5.92 Å². The third-order valence-corrected chi connectivity index (χ3v) is 2.86. The van der Waals surface area contributed by atoms with Gasteiger partial charge in [0.05, 0.1) is 11.4 Å². The third-order valence-electron chi connectivity index (χ3n) is 2.86. The van der Waals surface area contributed by atoms with Gasteiger partial charge < -0.3 is 10.1 Å². The van der Waals surface area contributed by atoms with Crippen LogP contribution in [0.4, 0.5) is 0 Å². The molecule has 1 aliphatic rings. The van der Waals surface area contributed by atoms with E-state index in [1.54, 1.807) is 0 Å². The van der Waals surface area contributed by atoms with Gasteiger partial charge in [-0.3, -0.25) is 0 Å². The van der Waals surface area contributed by atoms with E-state index in [-0.39, 0.29) is 0 Å². The van der Waals surface area contributed by atoms with E-state index in [9.17, 15) is 0 Å². The molecule has 17 heavy (non-hydrogen) atoms. The smallest absolute Gasteiger partial charge is 0.0997 e. The Morgan fingerprint density at radius 1 is 1.47 bits per heavy atom. The Labute approximate surface area is 103 Å². The minimum Gasteiger partial charge on any atom is -0.381 e. The lowest BCUT2D eigenvalue weighted by Gasteiger charge is -2.13. The van der Waals surface area contributed by atoms with E-state index in [4.69, 9.17) is 4.74 Å². The second-order valence-corrected chi connectivity index (χ2v) is 4.96. The minimum absolute atomic E-state index is 0.611. The number of ether oxygens (including phenoxy) is 1. The fraction of sp³-hybridized carbons (Fsp3) is 0.833. The van der Waals surface area contributed by atoms with E-state index >= 15 is 0 Å². The number of rotatable bonds is 6. The van der Waals surface area contributed by atoms with Crippen LogP contribution in [0.25, 0.3) is 0 Å². The molecule has 96 valence electrons. The molecule has 1 aliphatic heterocycles. The van der Waals surface area contributed by atoms with Crippen molar-refractivity contribution in [3.05, 3.63) is 11.4 Å². The van der Waals surface area contributed by atoms with E-state index in [2.05, 4.69) is 29.5 Å². The molecule has 0 aromatic carbocycles. The normalized spacial score (nSPS) is 15.2. The van der Waals surface area contributed by atoms with Crippen LogP contribution < -0.4 is 5.32 Å². The minimum atomic E-state index is 0.611. The lowest BCUT2D eigenvalue weighted by atomic mass is 10.2. The Kier molecular flexibility index (Phi) is 4.50. The summed E-state index contributed by atoms with van der Waals surface area (Å²) in [5.41, 5.74) is 2.41. The molecule has 0 spiro atoms. The number of hydrogen-bond acceptors (Lipinski definition) is 4. The first-order valence-electron chi connectivity index (χ1n) is 6.47. The molecule has 0 unspecified atom stereocenters. The number of nitrogens with one attached hydrogen (secondary N) is 1. The van der Waals surface area contributed by atoms with Gasteiger partial charge in [-0.05, 0) is 12.3 Å². The van der Waals surface area contributed by atoms with Crippen molar-refractivity contribution in [2.75, 3.05) is 19.8 Å². The van der Waals surface area contributed by atoms with Crippen LogP contribution in [0.2, 0.25) is 0 Å². The molecule has 1 aromatic heterocycles. The van der Waals surface area contributed by atoms with Crippen molar-refractivity contribution in [2.45, 2.75) is 39.8 Å². The van der Waals surface area contributed by atoms with Gasteiger partial charge in [0.2, 0.25) is 0 Å². The molecule has 5 nitrogen and oxygen atoms in total. The van der Waals surface area contributed by atoms with E-state index in [1.807, 2.05) is 4.68 Å². The summed E-state index contributed by atoms with van der Waals surface area (Å²) in [7, 11) is 0. The summed E-state index contributed by atoms with van der Waals surface area (Å²) in [6, 6.07) is 0. The number of aryl methyl sites for hydroxylation is 1. The molecule has 0 amide bonds. The van der Waals surface area contributed by atoms with Crippen molar-refractivity contribution in [3.8, 4) is 0 Å². The third kappa shape index (κ3) is 3.51. The molecule has 5 heteroatoms. The molecule has 0 saturated carbocycles. The summed E-state index contributed by atoms with van der Waals surface area (Å²) in [6.45, 7) is 8.80. The van der Waals surface area contributed by atoms with Gasteiger partial charge in [-0.15, -0.1) is 5.10 Å². The zero-order valence-electron chi connectivity index (χ0n) is 10.8. The first-order valence-corrected chi connectivity index (χ1v) is 6.47. The van der Waals surface area contributed by atoms with E-state index in [0.717, 1.165) is 51.4 Å². The number of fused-ring (bicyclic) bond motifs is 1. The predicted octanol–water partition coefficient (Wildman–Crippen LogP) is 0.986. The fourth-order valence-electron chi connectivity index (χ4n) is 2.01. The molecule has 0 aliphatic carbocycles. The number of hydrogen-bond donors (Lipinski definition) is 1. The average Bonchev–Trinajstić information content (AvgIpc) is 2.72. The Morgan fingerprint density at radius 3 is 3.18 bits per heavy atom. The van der Waals surface area contributed by atoms with Crippen molar-refractivity contribution in [1.82, 2.24) is 20.3 Å². The fourth-order valence-corrected chi connectivity index (χ4v) is 2.01. The van der Waals surface area contributed by atoms with Crippen LogP contribution in [0.3, 0.4) is 0 Å². The Morgan fingerprint density at radius 2 is 2.35 bits per heavy atom. The van der Waals surface area contributed by atoms with Gasteiger partial charge in [0.15, 0.2) is 0 Å². The second kappa shape index (κ2) is 6.12. The van der Waals surface area contributed by atoms with Crippen molar-refractivity contribution in [2.24, 2.45) is 5.92 Å². The largest absolute Gasteiger partial charge is 0.381 e. The first-order chi connectivity index (χ1) is 8.27. The van der Waals surface area contributed by atoms with Gasteiger partial charge in [-0.25, -0.2) is 4.68 Å². The molecule has 1 N–H and O–H groups in total. The maximum Gasteiger partial charge on any atom is 0.0997 e. The van der Waals surface area contributed by atoms with Crippen molar-refractivity contribution < 1.29 is 4.74 Å². The first kappa shape index (κ1) is 12.5. The quantitative estimate of drug-likeness (QED) is 0.751. The highest BCUT2D eigenvalue weighted by molar-refractivity contribution is 5.13. The number of nitrogens with zero attached hydrogens (tertiary/aromatic N) is 3. The molecular weight excluding hydrogens is 216 g/mol. The lowest BCUT2D eigenvalue weighted by molar-refractivity contribution is 0.104. The van der Waals surface area contributed by atoms with Gasteiger partial charge >= 0.3 is 0 Å². The van der Waals surface area contributed by atoms with Gasteiger partial charge in [0.1, 0.15) is 0 Å². The summed E-state index contributed by atoms with van der Waals surface area (Å²) in [4.78, 5) is 0. The number of aromatic nitrogens is 3. The van der Waals surface area contributed by atoms with Gasteiger partial charge in [-0.2, -0.15) is 0 Å². The summed E-state index contributed by atoms with van der Waals surface area (Å²) >= 11 is 0. The molecule has 0 bridgehead atoms. The van der Waals surface area contributed by atoms with E-state index in [1.165, 1.54) is 5.69 Å². The average molecular weight is 238 g/mol. The van der Waals surface area contributed by atoms with Crippen LogP contribution in [0.1, 0.15) is 31.7 Å². The van der Waals surface area contributed by atoms with Gasteiger partial charge in [-0.1, -0.05) is 19.1 Å². The van der Waals surface area contributed by atoms with Crippen molar-refractivity contribution >= 4 is 0 Å². The van der Waals surface area contributed by atoms with Crippen LogP contribution in [-0.2, 0) is 24.2 Å². The van der Waals surface area contributed by atoms with Crippen LogP contribution in [0, 0.1) is 5.92 Å². The SMILES string of the molecule is CC(C)COCCCn1nnc2c1CCNC2. The van der Waals surface area contributed by atoms with E-state index < -0.39 is 0 Å². The summed E-state index contributed by atoms with van der Waals surface area (Å²) in [5, 5.41) is 11.7. The molecule has 2 rings (SSSR count). The van der Waals surface area contributed by atoms with Crippen LogP contribution in [-0.4, -0.2) is 34.8 Å². The van der Waals surface area contributed by atoms with Crippen LogP contribution in [0.5, 0.6) is 0 Å². The molecule has 1 aromatic rings. The highest BCUT2D eigenvalue weighted by atomic mass is 16.5. The Balaban J connectivity index is 1.74. The molecule has 2 heterocycles. The molecule has 0 saturated heterocycles. The van der Waals surface area contributed by atoms with Gasteiger partial charge in [0, 0.05) is 39.3 Å².